The summed E-state index contributed by atoms with van der Waals surface area (Å²) in [4.78, 5) is 29.2. The number of nitrogens with one attached hydrogen (secondary N) is 1. The maximum atomic E-state index is 13.0. The highest BCUT2D eigenvalue weighted by atomic mass is 19.4. The molecule has 152 valence electrons. The second kappa shape index (κ2) is 7.94. The Labute approximate surface area is 164 Å². The predicted octanol–water partition coefficient (Wildman–Crippen LogP) is 3.80. The van der Waals surface area contributed by atoms with Gasteiger partial charge in [0.15, 0.2) is 0 Å². The Hall–Kier alpha value is -3.36. The van der Waals surface area contributed by atoms with Crippen LogP contribution in [0.5, 0.6) is 0 Å². The minimum absolute atomic E-state index is 0.0650. The average molecular weight is 404 g/mol. The van der Waals surface area contributed by atoms with E-state index in [4.69, 9.17) is 0 Å². The van der Waals surface area contributed by atoms with Gasteiger partial charge < -0.3 is 5.32 Å². The molecule has 0 aliphatic carbocycles. The van der Waals surface area contributed by atoms with Crippen LogP contribution < -0.4 is 16.7 Å². The number of hydrogen-bond acceptors (Lipinski definition) is 4. The number of hydrogen-bond donors (Lipinski definition) is 1. The third-order valence-corrected chi connectivity index (χ3v) is 4.25. The molecular weight excluding hydrogens is 385 g/mol. The van der Waals surface area contributed by atoms with Crippen molar-refractivity contribution in [2.45, 2.75) is 32.6 Å². The zero-order valence-electron chi connectivity index (χ0n) is 15.8. The fraction of sp³-hybridized carbons (Fsp3) is 0.250. The van der Waals surface area contributed by atoms with Gasteiger partial charge in [-0.05, 0) is 37.6 Å². The molecule has 1 heterocycles. The second-order valence-corrected chi connectivity index (χ2v) is 6.74. The summed E-state index contributed by atoms with van der Waals surface area (Å²) < 4.78 is 41.2. The van der Waals surface area contributed by atoms with Crippen molar-refractivity contribution in [2.24, 2.45) is 0 Å². The average Bonchev–Trinajstić information content (AvgIpc) is 2.65. The van der Waals surface area contributed by atoms with Crippen LogP contribution >= 0.6 is 0 Å². The Morgan fingerprint density at radius 3 is 2.34 bits per heavy atom. The maximum absolute atomic E-state index is 13.0. The molecule has 3 rings (SSSR count). The molecule has 0 spiro atoms. The monoisotopic (exact) mass is 404 g/mol. The van der Waals surface area contributed by atoms with Crippen LogP contribution in [-0.2, 0) is 12.7 Å². The summed E-state index contributed by atoms with van der Waals surface area (Å²) >= 11 is 0. The molecule has 6 nitrogen and oxygen atoms in total. The molecular formula is C20H19F3N4O2. The van der Waals surface area contributed by atoms with Gasteiger partial charge in [-0.1, -0.05) is 36.4 Å². The minimum atomic E-state index is -4.52. The van der Waals surface area contributed by atoms with E-state index in [2.05, 4.69) is 10.3 Å². The molecule has 0 atom stereocenters. The first kappa shape index (κ1) is 20.4. The molecule has 0 saturated carbocycles. The van der Waals surface area contributed by atoms with Crippen LogP contribution in [0.3, 0.4) is 0 Å². The zero-order valence-corrected chi connectivity index (χ0v) is 15.8. The van der Waals surface area contributed by atoms with Crippen molar-refractivity contribution in [1.82, 2.24) is 14.1 Å². The Kier molecular flexibility index (Phi) is 5.58. The van der Waals surface area contributed by atoms with Gasteiger partial charge in [-0.25, -0.2) is 14.2 Å². The van der Waals surface area contributed by atoms with Gasteiger partial charge >= 0.3 is 17.6 Å². The Morgan fingerprint density at radius 1 is 1.03 bits per heavy atom. The molecule has 29 heavy (non-hydrogen) atoms. The lowest BCUT2D eigenvalue weighted by Crippen LogP contribution is -2.43. The van der Waals surface area contributed by atoms with Crippen molar-refractivity contribution in [3.63, 3.8) is 0 Å². The highest BCUT2D eigenvalue weighted by Gasteiger charge is 2.30. The normalized spacial score (nSPS) is 11.7. The van der Waals surface area contributed by atoms with E-state index in [0.29, 0.717) is 0 Å². The number of alkyl halides is 3. The third-order valence-electron chi connectivity index (χ3n) is 4.25. The van der Waals surface area contributed by atoms with E-state index in [-0.39, 0.29) is 18.2 Å². The van der Waals surface area contributed by atoms with Gasteiger partial charge in [0.1, 0.15) is 0 Å². The fourth-order valence-corrected chi connectivity index (χ4v) is 2.86. The number of rotatable bonds is 5. The van der Waals surface area contributed by atoms with E-state index in [9.17, 15) is 22.8 Å². The molecule has 0 saturated heterocycles. The van der Waals surface area contributed by atoms with Crippen LogP contribution in [0.4, 0.5) is 24.8 Å². The Balaban J connectivity index is 2.10. The predicted molar refractivity (Wildman–Crippen MR) is 103 cm³/mol. The van der Waals surface area contributed by atoms with Crippen molar-refractivity contribution in [2.75, 3.05) is 5.32 Å². The van der Waals surface area contributed by atoms with Crippen LogP contribution in [-0.4, -0.2) is 14.1 Å². The highest BCUT2D eigenvalue weighted by Crippen LogP contribution is 2.31. The van der Waals surface area contributed by atoms with Gasteiger partial charge in [0, 0.05) is 11.7 Å². The van der Waals surface area contributed by atoms with Crippen molar-refractivity contribution < 1.29 is 13.2 Å². The molecule has 1 N–H and O–H groups in total. The van der Waals surface area contributed by atoms with Gasteiger partial charge in [-0.3, -0.25) is 4.57 Å². The summed E-state index contributed by atoms with van der Waals surface area (Å²) in [6.45, 7) is 3.45. The van der Waals surface area contributed by atoms with Crippen LogP contribution in [0, 0.1) is 0 Å². The van der Waals surface area contributed by atoms with E-state index < -0.39 is 29.2 Å². The van der Waals surface area contributed by atoms with Crippen molar-refractivity contribution >= 4 is 11.6 Å². The van der Waals surface area contributed by atoms with E-state index in [1.165, 1.54) is 16.7 Å². The first-order valence-corrected chi connectivity index (χ1v) is 8.88. The molecule has 0 aliphatic rings. The molecule has 0 bridgehead atoms. The standard InChI is InChI=1S/C20H19F3N4O2/c1-13(2)27-18(28)25-17(24-16-10-6-9-15(11-16)20(21,22)23)26(19(27)29)12-14-7-4-3-5-8-14/h3-11,13H,12H2,1-2H3,(H,24,25,28). The van der Waals surface area contributed by atoms with Crippen LogP contribution in [0.15, 0.2) is 64.2 Å². The van der Waals surface area contributed by atoms with Crippen LogP contribution in [0.25, 0.3) is 0 Å². The SMILES string of the molecule is CC(C)n1c(=O)nc(Nc2cccc(C(F)(F)F)c2)n(Cc2ccccc2)c1=O. The van der Waals surface area contributed by atoms with Gasteiger partial charge in [-0.15, -0.1) is 0 Å². The first-order chi connectivity index (χ1) is 13.7. The van der Waals surface area contributed by atoms with Gasteiger partial charge in [0.25, 0.3) is 0 Å². The lowest BCUT2D eigenvalue weighted by Gasteiger charge is -2.17. The number of aromatic nitrogens is 3. The highest BCUT2D eigenvalue weighted by molar-refractivity contribution is 5.55. The van der Waals surface area contributed by atoms with Gasteiger partial charge in [-0.2, -0.15) is 18.2 Å². The Morgan fingerprint density at radius 2 is 1.72 bits per heavy atom. The number of halogens is 3. The number of anilines is 2. The molecule has 0 amide bonds. The van der Waals surface area contributed by atoms with Gasteiger partial charge in [0.05, 0.1) is 12.1 Å². The first-order valence-electron chi connectivity index (χ1n) is 8.88. The molecule has 1 aromatic heterocycles. The second-order valence-electron chi connectivity index (χ2n) is 6.74. The molecule has 0 aliphatic heterocycles. The van der Waals surface area contributed by atoms with Crippen molar-refractivity contribution in [3.05, 3.63) is 86.7 Å². The topological polar surface area (TPSA) is 68.9 Å². The number of nitrogens with zero attached hydrogens (tertiary/aromatic N) is 3. The lowest BCUT2D eigenvalue weighted by atomic mass is 10.2. The van der Waals surface area contributed by atoms with Crippen molar-refractivity contribution in [3.8, 4) is 0 Å². The van der Waals surface area contributed by atoms with Gasteiger partial charge in [0.2, 0.25) is 5.95 Å². The van der Waals surface area contributed by atoms with E-state index in [1.54, 1.807) is 38.1 Å². The van der Waals surface area contributed by atoms with Crippen molar-refractivity contribution in [1.29, 1.82) is 0 Å². The van der Waals surface area contributed by atoms with E-state index in [0.717, 1.165) is 22.3 Å². The fourth-order valence-electron chi connectivity index (χ4n) is 2.86. The largest absolute Gasteiger partial charge is 0.416 e. The summed E-state index contributed by atoms with van der Waals surface area (Å²) in [7, 11) is 0. The third kappa shape index (κ3) is 4.56. The maximum Gasteiger partial charge on any atom is 0.416 e. The molecule has 3 aromatic rings. The minimum Gasteiger partial charge on any atom is -0.325 e. The zero-order chi connectivity index (χ0) is 21.2. The van der Waals surface area contributed by atoms with Crippen LogP contribution in [0.1, 0.15) is 31.0 Å². The Bertz CT molecular complexity index is 1120. The summed E-state index contributed by atoms with van der Waals surface area (Å²) in [6, 6.07) is 13.1. The van der Waals surface area contributed by atoms with E-state index in [1.807, 2.05) is 6.07 Å². The lowest BCUT2D eigenvalue weighted by molar-refractivity contribution is -0.137. The summed E-state index contributed by atoms with van der Waals surface area (Å²) in [6.07, 6.45) is -4.52. The quantitative estimate of drug-likeness (QED) is 0.703. The molecule has 0 fully saturated rings. The summed E-state index contributed by atoms with van der Waals surface area (Å²) in [5, 5.41) is 2.69. The summed E-state index contributed by atoms with van der Waals surface area (Å²) in [5.41, 5.74) is -1.38. The smallest absolute Gasteiger partial charge is 0.325 e. The molecule has 0 radical (unpaired) electrons. The number of benzene rings is 2. The van der Waals surface area contributed by atoms with E-state index >= 15 is 0 Å². The molecule has 9 heteroatoms. The molecule has 0 unspecified atom stereocenters. The summed E-state index contributed by atoms with van der Waals surface area (Å²) in [5.74, 6) is -0.125. The van der Waals surface area contributed by atoms with Crippen LogP contribution in [0.2, 0.25) is 0 Å². The molecule has 2 aromatic carbocycles.